The van der Waals surface area contributed by atoms with E-state index in [1.807, 2.05) is 0 Å². The number of methoxy groups -OCH3 is 1. The summed E-state index contributed by atoms with van der Waals surface area (Å²) >= 11 is 0. The smallest absolute Gasteiger partial charge is 0.463 e. The third-order valence-electron chi connectivity index (χ3n) is 3.22. The maximum atomic E-state index is 14.2. The average molecular weight is 371 g/mol. The summed E-state index contributed by atoms with van der Waals surface area (Å²) in [6.07, 6.45) is -3.57. The second-order valence-corrected chi connectivity index (χ2v) is 4.98. The van der Waals surface area contributed by atoms with Crippen LogP contribution in [0.5, 0.6) is 0 Å². The summed E-state index contributed by atoms with van der Waals surface area (Å²) in [6.45, 7) is -0.0594. The Labute approximate surface area is 142 Å². The van der Waals surface area contributed by atoms with Crippen LogP contribution in [0.1, 0.15) is 22.1 Å². The minimum atomic E-state index is -4.78. The highest BCUT2D eigenvalue weighted by atomic mass is 19.4. The van der Waals surface area contributed by atoms with Crippen LogP contribution in [0, 0.1) is 5.82 Å². The van der Waals surface area contributed by atoms with Crippen LogP contribution in [0.25, 0.3) is 11.4 Å². The lowest BCUT2D eigenvalue weighted by Gasteiger charge is -2.04. The number of halogens is 4. The highest BCUT2D eigenvalue weighted by Crippen LogP contribution is 2.29. The summed E-state index contributed by atoms with van der Waals surface area (Å²) in [5.74, 6) is -3.56. The van der Waals surface area contributed by atoms with Crippen molar-refractivity contribution >= 4 is 5.97 Å². The van der Waals surface area contributed by atoms with Crippen molar-refractivity contribution in [1.82, 2.24) is 24.9 Å². The fraction of sp³-hybridized carbons (Fsp3) is 0.214. The van der Waals surface area contributed by atoms with E-state index in [2.05, 4.69) is 29.5 Å². The number of rotatable bonds is 4. The van der Waals surface area contributed by atoms with Gasteiger partial charge in [-0.3, -0.25) is 0 Å². The molecule has 8 nitrogen and oxygen atoms in total. The molecule has 0 saturated heterocycles. The normalized spacial score (nSPS) is 11.6. The summed E-state index contributed by atoms with van der Waals surface area (Å²) < 4.78 is 61.4. The SMILES string of the molecule is COC(=O)c1ncn(Cc2ccc(-c3noc(C(F)(F)F)n3)cc2F)n1. The van der Waals surface area contributed by atoms with Crippen molar-refractivity contribution in [3.05, 3.63) is 47.6 Å². The van der Waals surface area contributed by atoms with E-state index in [0.29, 0.717) is 0 Å². The molecular weight excluding hydrogens is 362 g/mol. The van der Waals surface area contributed by atoms with Gasteiger partial charge in [0.2, 0.25) is 5.82 Å². The molecule has 2 heterocycles. The van der Waals surface area contributed by atoms with E-state index in [-0.39, 0.29) is 23.5 Å². The molecular formula is C14H9F4N5O3. The van der Waals surface area contributed by atoms with Gasteiger partial charge in [-0.1, -0.05) is 17.3 Å². The lowest BCUT2D eigenvalue weighted by atomic mass is 10.1. The molecule has 0 fully saturated rings. The zero-order valence-electron chi connectivity index (χ0n) is 13.0. The Morgan fingerprint density at radius 1 is 1.35 bits per heavy atom. The van der Waals surface area contributed by atoms with E-state index < -0.39 is 29.7 Å². The summed E-state index contributed by atoms with van der Waals surface area (Å²) in [7, 11) is 1.17. The molecule has 0 saturated carbocycles. The van der Waals surface area contributed by atoms with Crippen molar-refractivity contribution in [1.29, 1.82) is 0 Å². The molecule has 26 heavy (non-hydrogen) atoms. The van der Waals surface area contributed by atoms with Crippen LogP contribution in [0.2, 0.25) is 0 Å². The predicted molar refractivity (Wildman–Crippen MR) is 75.2 cm³/mol. The van der Waals surface area contributed by atoms with Crippen LogP contribution < -0.4 is 0 Å². The van der Waals surface area contributed by atoms with Gasteiger partial charge in [0.1, 0.15) is 12.1 Å². The molecule has 0 amide bonds. The standard InChI is InChI=1S/C14H9F4N5O3/c1-25-12(24)11-19-6-23(21-11)5-8-3-2-7(4-9(8)15)10-20-13(26-22-10)14(16,17)18/h2-4,6H,5H2,1H3. The largest absolute Gasteiger partial charge is 0.471 e. The van der Waals surface area contributed by atoms with Gasteiger partial charge in [-0.15, -0.1) is 5.10 Å². The average Bonchev–Trinajstić information content (AvgIpc) is 3.25. The van der Waals surface area contributed by atoms with Gasteiger partial charge in [0, 0.05) is 11.1 Å². The Hall–Kier alpha value is -3.31. The number of hydrogen-bond donors (Lipinski definition) is 0. The Morgan fingerprint density at radius 2 is 2.12 bits per heavy atom. The first-order chi connectivity index (χ1) is 12.3. The van der Waals surface area contributed by atoms with Crippen LogP contribution in [-0.2, 0) is 17.5 Å². The molecule has 0 bridgehead atoms. The maximum absolute atomic E-state index is 14.2. The number of carbonyl (C=O) groups excluding carboxylic acids is 1. The topological polar surface area (TPSA) is 95.9 Å². The van der Waals surface area contributed by atoms with Crippen molar-refractivity contribution in [2.75, 3.05) is 7.11 Å². The fourth-order valence-corrected chi connectivity index (χ4v) is 2.00. The molecule has 12 heteroatoms. The molecule has 3 aromatic rings. The first-order valence-electron chi connectivity index (χ1n) is 6.95. The van der Waals surface area contributed by atoms with Gasteiger partial charge in [-0.2, -0.15) is 18.2 Å². The van der Waals surface area contributed by atoms with Crippen LogP contribution in [0.3, 0.4) is 0 Å². The quantitative estimate of drug-likeness (QED) is 0.513. The van der Waals surface area contributed by atoms with E-state index in [1.165, 1.54) is 30.3 Å². The van der Waals surface area contributed by atoms with Gasteiger partial charge in [0.25, 0.3) is 5.82 Å². The molecule has 0 aliphatic carbocycles. The van der Waals surface area contributed by atoms with E-state index >= 15 is 0 Å². The van der Waals surface area contributed by atoms with Crippen molar-refractivity contribution in [3.63, 3.8) is 0 Å². The summed E-state index contributed by atoms with van der Waals surface area (Å²) in [4.78, 5) is 18.2. The molecule has 2 aromatic heterocycles. The third kappa shape index (κ3) is 3.53. The molecule has 3 rings (SSSR count). The second-order valence-electron chi connectivity index (χ2n) is 4.98. The molecule has 0 aliphatic rings. The Morgan fingerprint density at radius 3 is 2.73 bits per heavy atom. The van der Waals surface area contributed by atoms with Crippen molar-refractivity contribution < 1.29 is 31.6 Å². The van der Waals surface area contributed by atoms with Crippen LogP contribution >= 0.6 is 0 Å². The van der Waals surface area contributed by atoms with Gasteiger partial charge in [-0.25, -0.2) is 18.9 Å². The highest BCUT2D eigenvalue weighted by Gasteiger charge is 2.38. The molecule has 1 aromatic carbocycles. The van der Waals surface area contributed by atoms with Gasteiger partial charge in [0.15, 0.2) is 0 Å². The van der Waals surface area contributed by atoms with Gasteiger partial charge >= 0.3 is 18.0 Å². The van der Waals surface area contributed by atoms with Crippen molar-refractivity contribution in [2.24, 2.45) is 0 Å². The number of esters is 1. The molecule has 0 atom stereocenters. The Balaban J connectivity index is 1.80. The van der Waals surface area contributed by atoms with Crippen LogP contribution in [-0.4, -0.2) is 38.0 Å². The van der Waals surface area contributed by atoms with Crippen molar-refractivity contribution in [2.45, 2.75) is 12.7 Å². The number of benzene rings is 1. The number of ether oxygens (including phenoxy) is 1. The number of aromatic nitrogens is 5. The van der Waals surface area contributed by atoms with Gasteiger partial charge < -0.3 is 9.26 Å². The van der Waals surface area contributed by atoms with E-state index in [1.54, 1.807) is 0 Å². The molecule has 136 valence electrons. The number of hydrogen-bond acceptors (Lipinski definition) is 7. The minimum absolute atomic E-state index is 0.0133. The van der Waals surface area contributed by atoms with Crippen molar-refractivity contribution in [3.8, 4) is 11.4 Å². The molecule has 0 radical (unpaired) electrons. The minimum Gasteiger partial charge on any atom is -0.463 e. The summed E-state index contributed by atoms with van der Waals surface area (Å²) in [5.41, 5.74) is 0.175. The van der Waals surface area contributed by atoms with Gasteiger partial charge in [0.05, 0.1) is 13.7 Å². The molecule has 0 unspecified atom stereocenters. The Bertz CT molecular complexity index is 950. The summed E-state index contributed by atoms with van der Waals surface area (Å²) in [5, 5.41) is 7.02. The Kier molecular flexibility index (Phi) is 4.40. The zero-order valence-corrected chi connectivity index (χ0v) is 13.0. The molecule has 0 N–H and O–H groups in total. The summed E-state index contributed by atoms with van der Waals surface area (Å²) in [6, 6.07) is 3.63. The first-order valence-corrected chi connectivity index (χ1v) is 6.95. The fourth-order valence-electron chi connectivity index (χ4n) is 2.00. The highest BCUT2D eigenvalue weighted by molar-refractivity contribution is 5.84. The number of alkyl halides is 3. The third-order valence-corrected chi connectivity index (χ3v) is 3.22. The monoisotopic (exact) mass is 371 g/mol. The van der Waals surface area contributed by atoms with Crippen LogP contribution in [0.4, 0.5) is 17.6 Å². The lowest BCUT2D eigenvalue weighted by molar-refractivity contribution is -0.159. The van der Waals surface area contributed by atoms with E-state index in [0.717, 1.165) is 6.07 Å². The molecule has 0 aliphatic heterocycles. The number of nitrogens with zero attached hydrogens (tertiary/aromatic N) is 5. The predicted octanol–water partition coefficient (Wildman–Crippen LogP) is 2.32. The number of carbonyl (C=O) groups is 1. The second kappa shape index (κ2) is 6.54. The zero-order chi connectivity index (χ0) is 18.9. The van der Waals surface area contributed by atoms with E-state index in [4.69, 9.17) is 0 Å². The van der Waals surface area contributed by atoms with Gasteiger partial charge in [-0.05, 0) is 6.07 Å². The maximum Gasteiger partial charge on any atom is 0.471 e. The molecule has 0 spiro atoms. The first kappa shape index (κ1) is 17.5. The van der Waals surface area contributed by atoms with E-state index in [9.17, 15) is 22.4 Å². The van der Waals surface area contributed by atoms with Crippen LogP contribution in [0.15, 0.2) is 29.0 Å². The lowest BCUT2D eigenvalue weighted by Crippen LogP contribution is -2.07.